The molecule has 2 rings (SSSR count). The van der Waals surface area contributed by atoms with Gasteiger partial charge < -0.3 is 30.3 Å². The van der Waals surface area contributed by atoms with Gasteiger partial charge in [0.1, 0.15) is 30.5 Å². The van der Waals surface area contributed by atoms with Gasteiger partial charge in [0.15, 0.2) is 5.60 Å². The Morgan fingerprint density at radius 3 is 1.40 bits per heavy atom. The molecule has 1 aliphatic carbocycles. The Kier molecular flexibility index (Phi) is 2.18. The topological polar surface area (TPSA) is 114 Å². The van der Waals surface area contributed by atoms with Crippen LogP contribution >= 0.6 is 0 Å². The molecule has 0 amide bonds. The summed E-state index contributed by atoms with van der Waals surface area (Å²) >= 11 is 0. The number of hydrogen-bond donors (Lipinski definition) is 5. The standard InChI is InChI=1S/C9H16O6/c1-8(2)9(15-8)6(13)4(11)3(10)5(12)7(9)14/h3-7,10-14H,1-2H3/t3-,4-,5+,6-,7-,9+/m1/s1. The molecule has 0 radical (unpaired) electrons. The molecule has 6 nitrogen and oxygen atoms in total. The Hall–Kier alpha value is -0.240. The van der Waals surface area contributed by atoms with Crippen molar-refractivity contribution in [2.75, 3.05) is 0 Å². The van der Waals surface area contributed by atoms with Crippen LogP contribution in [0.15, 0.2) is 0 Å². The first-order chi connectivity index (χ1) is 6.75. The Morgan fingerprint density at radius 1 is 0.800 bits per heavy atom. The second-order valence-electron chi connectivity index (χ2n) is 4.77. The normalized spacial score (nSPS) is 58.2. The van der Waals surface area contributed by atoms with Crippen LogP contribution < -0.4 is 0 Å². The van der Waals surface area contributed by atoms with E-state index < -0.39 is 41.7 Å². The molecule has 15 heavy (non-hydrogen) atoms. The maximum atomic E-state index is 9.76. The summed E-state index contributed by atoms with van der Waals surface area (Å²) in [6, 6.07) is 0. The van der Waals surface area contributed by atoms with Crippen LogP contribution in [0.5, 0.6) is 0 Å². The zero-order chi connectivity index (χ0) is 11.6. The molecule has 2 aliphatic rings. The van der Waals surface area contributed by atoms with Crippen LogP contribution in [-0.4, -0.2) is 67.3 Å². The SMILES string of the molecule is CC1(C)O[C@]12[C@H](O)[C@H](O)[C@@H](O)[C@H](O)[C@H]2O. The third kappa shape index (κ3) is 1.15. The minimum Gasteiger partial charge on any atom is -0.387 e. The highest BCUT2D eigenvalue weighted by Gasteiger charge is 2.77. The second-order valence-corrected chi connectivity index (χ2v) is 4.77. The number of aliphatic hydroxyl groups excluding tert-OH is 5. The van der Waals surface area contributed by atoms with Crippen molar-refractivity contribution >= 4 is 0 Å². The van der Waals surface area contributed by atoms with Gasteiger partial charge in [-0.05, 0) is 13.8 Å². The largest absolute Gasteiger partial charge is 0.387 e. The first-order valence-electron chi connectivity index (χ1n) is 4.86. The van der Waals surface area contributed by atoms with Crippen LogP contribution in [0.2, 0.25) is 0 Å². The molecule has 1 saturated carbocycles. The maximum absolute atomic E-state index is 9.76. The summed E-state index contributed by atoms with van der Waals surface area (Å²) < 4.78 is 5.22. The molecular weight excluding hydrogens is 204 g/mol. The third-order valence-electron chi connectivity index (χ3n) is 3.55. The lowest BCUT2D eigenvalue weighted by molar-refractivity contribution is -0.210. The van der Waals surface area contributed by atoms with Crippen LogP contribution in [0.25, 0.3) is 0 Å². The van der Waals surface area contributed by atoms with Crippen molar-refractivity contribution in [3.8, 4) is 0 Å². The molecule has 88 valence electrons. The lowest BCUT2D eigenvalue weighted by atomic mass is 9.73. The van der Waals surface area contributed by atoms with E-state index in [4.69, 9.17) is 4.74 Å². The van der Waals surface area contributed by atoms with Crippen molar-refractivity contribution < 1.29 is 30.3 Å². The van der Waals surface area contributed by atoms with Gasteiger partial charge in [-0.2, -0.15) is 0 Å². The lowest BCUT2D eigenvalue weighted by Crippen LogP contribution is -2.67. The van der Waals surface area contributed by atoms with E-state index in [9.17, 15) is 25.5 Å². The van der Waals surface area contributed by atoms with Gasteiger partial charge in [0.05, 0.1) is 5.60 Å². The van der Waals surface area contributed by atoms with E-state index >= 15 is 0 Å². The summed E-state index contributed by atoms with van der Waals surface area (Å²) in [4.78, 5) is 0. The van der Waals surface area contributed by atoms with Gasteiger partial charge >= 0.3 is 0 Å². The van der Waals surface area contributed by atoms with Gasteiger partial charge in [0.2, 0.25) is 0 Å². The van der Waals surface area contributed by atoms with Gasteiger partial charge in [-0.15, -0.1) is 0 Å². The van der Waals surface area contributed by atoms with E-state index in [0.29, 0.717) is 0 Å². The van der Waals surface area contributed by atoms with Crippen molar-refractivity contribution in [1.29, 1.82) is 0 Å². The highest BCUT2D eigenvalue weighted by molar-refractivity contribution is 5.25. The fourth-order valence-corrected chi connectivity index (χ4v) is 2.49. The molecule has 1 spiro atoms. The van der Waals surface area contributed by atoms with Gasteiger partial charge in [-0.25, -0.2) is 0 Å². The molecule has 6 atom stereocenters. The third-order valence-corrected chi connectivity index (χ3v) is 3.55. The van der Waals surface area contributed by atoms with Crippen molar-refractivity contribution in [1.82, 2.24) is 0 Å². The summed E-state index contributed by atoms with van der Waals surface area (Å²) in [6.07, 6.45) is -7.45. The van der Waals surface area contributed by atoms with Gasteiger partial charge in [0, 0.05) is 0 Å². The Balaban J connectivity index is 2.33. The molecule has 6 heteroatoms. The molecule has 1 aliphatic heterocycles. The van der Waals surface area contributed by atoms with Gasteiger partial charge in [-0.3, -0.25) is 0 Å². The quantitative estimate of drug-likeness (QED) is 0.285. The first kappa shape index (κ1) is 11.3. The molecule has 1 heterocycles. The summed E-state index contributed by atoms with van der Waals surface area (Å²) in [6.45, 7) is 3.27. The van der Waals surface area contributed by atoms with Gasteiger partial charge in [0.25, 0.3) is 0 Å². The molecule has 0 aromatic carbocycles. The maximum Gasteiger partial charge on any atom is 0.154 e. The fraction of sp³-hybridized carbons (Fsp3) is 1.00. The minimum absolute atomic E-state index is 0.825. The highest BCUT2D eigenvalue weighted by Crippen LogP contribution is 2.56. The average Bonchev–Trinajstić information content (AvgIpc) is 2.75. The summed E-state index contributed by atoms with van der Waals surface area (Å²) in [7, 11) is 0. The van der Waals surface area contributed by atoms with E-state index in [1.165, 1.54) is 0 Å². The lowest BCUT2D eigenvalue weighted by Gasteiger charge is -2.41. The number of ether oxygens (including phenoxy) is 1. The molecule has 2 fully saturated rings. The molecule has 0 bridgehead atoms. The number of aliphatic hydroxyl groups is 5. The van der Waals surface area contributed by atoms with E-state index in [1.54, 1.807) is 13.8 Å². The van der Waals surface area contributed by atoms with Crippen LogP contribution in [0.3, 0.4) is 0 Å². The zero-order valence-electron chi connectivity index (χ0n) is 8.53. The van der Waals surface area contributed by atoms with Gasteiger partial charge in [-0.1, -0.05) is 0 Å². The minimum atomic E-state index is -1.57. The van der Waals surface area contributed by atoms with Crippen LogP contribution in [0.1, 0.15) is 13.8 Å². The van der Waals surface area contributed by atoms with E-state index in [2.05, 4.69) is 0 Å². The van der Waals surface area contributed by atoms with Crippen molar-refractivity contribution in [3.05, 3.63) is 0 Å². The summed E-state index contributed by atoms with van der Waals surface area (Å²) in [5.41, 5.74) is -2.21. The van der Waals surface area contributed by atoms with Crippen LogP contribution in [0.4, 0.5) is 0 Å². The Bertz CT molecular complexity index is 262. The molecule has 0 aromatic heterocycles. The average molecular weight is 220 g/mol. The van der Waals surface area contributed by atoms with Crippen LogP contribution in [0, 0.1) is 0 Å². The second kappa shape index (κ2) is 2.91. The molecule has 0 aromatic rings. The van der Waals surface area contributed by atoms with E-state index in [0.717, 1.165) is 0 Å². The first-order valence-corrected chi connectivity index (χ1v) is 4.86. The molecular formula is C9H16O6. The smallest absolute Gasteiger partial charge is 0.154 e. The molecule has 5 N–H and O–H groups in total. The summed E-state index contributed by atoms with van der Waals surface area (Å²) in [5, 5.41) is 47.8. The van der Waals surface area contributed by atoms with E-state index in [-0.39, 0.29) is 0 Å². The molecule has 1 saturated heterocycles. The fourth-order valence-electron chi connectivity index (χ4n) is 2.49. The number of rotatable bonds is 0. The van der Waals surface area contributed by atoms with Crippen molar-refractivity contribution in [3.63, 3.8) is 0 Å². The number of hydrogen-bond acceptors (Lipinski definition) is 6. The van der Waals surface area contributed by atoms with Crippen molar-refractivity contribution in [2.24, 2.45) is 0 Å². The Morgan fingerprint density at radius 2 is 1.13 bits per heavy atom. The molecule has 0 unspecified atom stereocenters. The number of epoxide rings is 1. The summed E-state index contributed by atoms with van der Waals surface area (Å²) in [5.74, 6) is 0. The predicted octanol–water partition coefficient (Wildman–Crippen LogP) is -2.65. The highest BCUT2D eigenvalue weighted by atomic mass is 16.7. The monoisotopic (exact) mass is 220 g/mol. The van der Waals surface area contributed by atoms with Crippen LogP contribution in [-0.2, 0) is 4.74 Å². The predicted molar refractivity (Wildman–Crippen MR) is 47.9 cm³/mol. The Labute approximate surface area is 86.7 Å². The van der Waals surface area contributed by atoms with Crippen molar-refractivity contribution in [2.45, 2.75) is 55.6 Å². The zero-order valence-corrected chi connectivity index (χ0v) is 8.53. The van der Waals surface area contributed by atoms with E-state index in [1.807, 2.05) is 0 Å².